The first-order valence-electron chi connectivity index (χ1n) is 9.97. The van der Waals surface area contributed by atoms with Gasteiger partial charge in [0.2, 0.25) is 5.95 Å². The number of rotatable bonds is 8. The van der Waals surface area contributed by atoms with Gasteiger partial charge in [0.25, 0.3) is 0 Å². The number of imidazole rings is 1. The van der Waals surface area contributed by atoms with E-state index >= 15 is 0 Å². The van der Waals surface area contributed by atoms with E-state index in [2.05, 4.69) is 31.7 Å². The lowest BCUT2D eigenvalue weighted by atomic mass is 9.93. The van der Waals surface area contributed by atoms with E-state index in [1.807, 2.05) is 37.5 Å². The van der Waals surface area contributed by atoms with Gasteiger partial charge in [-0.2, -0.15) is 9.97 Å². The molecule has 0 aliphatic rings. The number of aryl methyl sites for hydroxylation is 2. The van der Waals surface area contributed by atoms with Crippen molar-refractivity contribution in [3.05, 3.63) is 35.7 Å². The second kappa shape index (κ2) is 8.24. The first-order chi connectivity index (χ1) is 13.7. The summed E-state index contributed by atoms with van der Waals surface area (Å²) < 4.78 is 1.98. The molecule has 1 unspecified atom stereocenters. The van der Waals surface area contributed by atoms with E-state index in [4.69, 9.17) is 5.73 Å². The van der Waals surface area contributed by atoms with E-state index in [9.17, 15) is 5.11 Å². The Morgan fingerprint density at radius 2 is 2.00 bits per heavy atom. The van der Waals surface area contributed by atoms with Crippen molar-refractivity contribution in [1.82, 2.24) is 19.5 Å². The summed E-state index contributed by atoms with van der Waals surface area (Å²) in [5, 5.41) is 16.8. The van der Waals surface area contributed by atoms with Gasteiger partial charge in [-0.15, -0.1) is 0 Å². The minimum atomic E-state index is -0.786. The van der Waals surface area contributed by atoms with Gasteiger partial charge in [0.05, 0.1) is 11.9 Å². The number of nitrogens with two attached hydrogens (primary N) is 1. The van der Waals surface area contributed by atoms with Crippen LogP contribution in [0.3, 0.4) is 0 Å². The zero-order valence-corrected chi connectivity index (χ0v) is 17.8. The van der Waals surface area contributed by atoms with E-state index in [-0.39, 0.29) is 5.92 Å². The fourth-order valence-electron chi connectivity index (χ4n) is 2.94. The number of aromatic nitrogens is 4. The number of nitrogens with zero attached hydrogens (tertiary/aromatic N) is 4. The average molecular weight is 398 g/mol. The molecule has 0 saturated carbocycles. The Bertz CT molecular complexity index is 991. The highest BCUT2D eigenvalue weighted by molar-refractivity contribution is 5.84. The van der Waals surface area contributed by atoms with Crippen LogP contribution in [0.4, 0.5) is 17.5 Å². The molecule has 0 spiro atoms. The lowest BCUT2D eigenvalue weighted by Gasteiger charge is -2.26. The zero-order valence-electron chi connectivity index (χ0n) is 17.8. The summed E-state index contributed by atoms with van der Waals surface area (Å²) >= 11 is 0. The van der Waals surface area contributed by atoms with E-state index in [0.29, 0.717) is 24.9 Å². The van der Waals surface area contributed by atoms with Crippen LogP contribution in [-0.2, 0) is 13.1 Å². The Labute approximate surface area is 171 Å². The predicted octanol–water partition coefficient (Wildman–Crippen LogP) is 3.17. The largest absolute Gasteiger partial charge is 0.398 e. The molecule has 3 rings (SSSR count). The Balaban J connectivity index is 1.88. The van der Waals surface area contributed by atoms with Gasteiger partial charge in [-0.3, -0.25) is 0 Å². The first kappa shape index (κ1) is 20.9. The van der Waals surface area contributed by atoms with Gasteiger partial charge in [-0.05, 0) is 39.3 Å². The van der Waals surface area contributed by atoms with Gasteiger partial charge in [-0.25, -0.2) is 4.98 Å². The summed E-state index contributed by atoms with van der Waals surface area (Å²) in [5.74, 6) is 1.19. The maximum absolute atomic E-state index is 10.2. The third kappa shape index (κ3) is 4.76. The Hall–Kier alpha value is -2.87. The minimum Gasteiger partial charge on any atom is -0.398 e. The minimum absolute atomic E-state index is 0.0291. The van der Waals surface area contributed by atoms with Crippen molar-refractivity contribution in [3.63, 3.8) is 0 Å². The number of hydrogen-bond acceptors (Lipinski definition) is 7. The number of anilines is 3. The Morgan fingerprint density at radius 1 is 1.24 bits per heavy atom. The summed E-state index contributed by atoms with van der Waals surface area (Å²) in [5.41, 5.74) is 9.72. The monoisotopic (exact) mass is 397 g/mol. The van der Waals surface area contributed by atoms with Crippen LogP contribution < -0.4 is 16.4 Å². The molecule has 0 radical (unpaired) electrons. The van der Waals surface area contributed by atoms with Crippen molar-refractivity contribution in [2.24, 2.45) is 5.92 Å². The number of nitrogen functional groups attached to an aromatic ring is 1. The van der Waals surface area contributed by atoms with Gasteiger partial charge in [0.15, 0.2) is 17.0 Å². The Morgan fingerprint density at radius 3 is 2.69 bits per heavy atom. The van der Waals surface area contributed by atoms with Crippen LogP contribution in [0.5, 0.6) is 0 Å². The van der Waals surface area contributed by atoms with Crippen molar-refractivity contribution < 1.29 is 5.11 Å². The van der Waals surface area contributed by atoms with Crippen molar-refractivity contribution in [2.45, 2.75) is 53.3 Å². The van der Waals surface area contributed by atoms with Crippen molar-refractivity contribution >= 4 is 28.6 Å². The summed E-state index contributed by atoms with van der Waals surface area (Å²) in [7, 11) is 0. The smallest absolute Gasteiger partial charge is 0.226 e. The number of hydrogen-bond donors (Lipinski definition) is 4. The van der Waals surface area contributed by atoms with Crippen molar-refractivity contribution in [1.29, 1.82) is 0 Å². The van der Waals surface area contributed by atoms with E-state index in [1.54, 1.807) is 20.2 Å². The molecule has 3 aromatic rings. The predicted molar refractivity (Wildman–Crippen MR) is 118 cm³/mol. The first-order valence-corrected chi connectivity index (χ1v) is 9.97. The third-order valence-corrected chi connectivity index (χ3v) is 5.32. The molecule has 8 nitrogen and oxygen atoms in total. The lowest BCUT2D eigenvalue weighted by molar-refractivity contribution is 0.0303. The normalized spacial score (nSPS) is 12.9. The number of nitrogens with one attached hydrogen (secondary N) is 2. The van der Waals surface area contributed by atoms with Crippen molar-refractivity contribution in [2.75, 3.05) is 22.9 Å². The molecule has 2 heterocycles. The van der Waals surface area contributed by atoms with Crippen LogP contribution in [0.15, 0.2) is 24.5 Å². The third-order valence-electron chi connectivity index (χ3n) is 5.32. The van der Waals surface area contributed by atoms with Gasteiger partial charge < -0.3 is 26.0 Å². The average Bonchev–Trinajstić information content (AvgIpc) is 3.09. The SMILES string of the molecule is CCn1cnc2c(NCc3cc(C)ccc3N)nc(NCC(C)C(C)(C)O)nc21. The van der Waals surface area contributed by atoms with E-state index < -0.39 is 5.60 Å². The van der Waals surface area contributed by atoms with E-state index in [1.165, 1.54) is 0 Å². The van der Waals surface area contributed by atoms with Gasteiger partial charge in [0.1, 0.15) is 0 Å². The molecule has 1 atom stereocenters. The second-order valence-electron chi connectivity index (χ2n) is 8.09. The molecular formula is C21H31N7O. The molecular weight excluding hydrogens is 366 g/mol. The number of fused-ring (bicyclic) bond motifs is 1. The summed E-state index contributed by atoms with van der Waals surface area (Å²) in [6.45, 7) is 11.5. The molecule has 8 heteroatoms. The van der Waals surface area contributed by atoms with Crippen molar-refractivity contribution in [3.8, 4) is 0 Å². The molecule has 0 amide bonds. The highest BCUT2D eigenvalue weighted by Gasteiger charge is 2.22. The maximum Gasteiger partial charge on any atom is 0.226 e. The standard InChI is InChI=1S/C21H31N7O/c1-6-28-12-25-17-18(23-11-15-9-13(2)7-8-16(15)22)26-20(27-19(17)28)24-10-14(3)21(4,5)29/h7-9,12,14,29H,6,10-11,22H2,1-5H3,(H2,23,24,26,27). The molecule has 1 aromatic carbocycles. The van der Waals surface area contributed by atoms with Crippen LogP contribution in [0.25, 0.3) is 11.2 Å². The number of aliphatic hydroxyl groups is 1. The maximum atomic E-state index is 10.2. The molecule has 2 aromatic heterocycles. The van der Waals surface area contributed by atoms with Crippen LogP contribution in [0, 0.1) is 12.8 Å². The van der Waals surface area contributed by atoms with Gasteiger partial charge in [0, 0.05) is 31.2 Å². The molecule has 0 aliphatic carbocycles. The molecule has 0 bridgehead atoms. The summed E-state index contributed by atoms with van der Waals surface area (Å²) in [6, 6.07) is 5.98. The summed E-state index contributed by atoms with van der Waals surface area (Å²) in [6.07, 6.45) is 1.77. The highest BCUT2D eigenvalue weighted by Crippen LogP contribution is 2.23. The highest BCUT2D eigenvalue weighted by atomic mass is 16.3. The van der Waals surface area contributed by atoms with Crippen LogP contribution in [-0.4, -0.2) is 36.8 Å². The number of benzene rings is 1. The molecule has 0 saturated heterocycles. The van der Waals surface area contributed by atoms with Gasteiger partial charge in [-0.1, -0.05) is 24.6 Å². The fraction of sp³-hybridized carbons (Fsp3) is 0.476. The van der Waals surface area contributed by atoms with E-state index in [0.717, 1.165) is 34.5 Å². The van der Waals surface area contributed by atoms with Crippen LogP contribution >= 0.6 is 0 Å². The molecule has 0 fully saturated rings. The van der Waals surface area contributed by atoms with Crippen LogP contribution in [0.1, 0.15) is 38.8 Å². The van der Waals surface area contributed by atoms with Gasteiger partial charge >= 0.3 is 0 Å². The van der Waals surface area contributed by atoms with Crippen LogP contribution in [0.2, 0.25) is 0 Å². The topological polar surface area (TPSA) is 114 Å². The fourth-order valence-corrected chi connectivity index (χ4v) is 2.94. The lowest BCUT2D eigenvalue weighted by Crippen LogP contribution is -2.33. The molecule has 5 N–H and O–H groups in total. The second-order valence-corrected chi connectivity index (χ2v) is 8.09. The Kier molecular flexibility index (Phi) is 5.93. The summed E-state index contributed by atoms with van der Waals surface area (Å²) in [4.78, 5) is 13.8. The zero-order chi connectivity index (χ0) is 21.2. The molecule has 29 heavy (non-hydrogen) atoms. The quantitative estimate of drug-likeness (QED) is 0.432. The molecule has 0 aliphatic heterocycles. The molecule has 156 valence electrons.